The van der Waals surface area contributed by atoms with Gasteiger partial charge in [-0.15, -0.1) is 0 Å². The van der Waals surface area contributed by atoms with Crippen molar-refractivity contribution in [3.05, 3.63) is 11.8 Å². The zero-order valence-corrected chi connectivity index (χ0v) is 10.1. The third kappa shape index (κ3) is 3.27. The van der Waals surface area contributed by atoms with E-state index in [0.717, 1.165) is 0 Å². The molecule has 0 aliphatic heterocycles. The molecule has 0 bridgehead atoms. The lowest BCUT2D eigenvalue weighted by Crippen LogP contribution is -2.28. The van der Waals surface area contributed by atoms with E-state index in [2.05, 4.69) is 20.2 Å². The van der Waals surface area contributed by atoms with Gasteiger partial charge in [-0.05, 0) is 7.05 Å². The van der Waals surface area contributed by atoms with Crippen LogP contribution in [0.5, 0.6) is 0 Å². The minimum atomic E-state index is -3.53. The molecule has 7 nitrogen and oxygen atoms in total. The largest absolute Gasteiger partial charge is 0.383 e. The van der Waals surface area contributed by atoms with Crippen molar-refractivity contribution in [3.63, 3.8) is 0 Å². The number of H-pyrrole nitrogens is 1. The fraction of sp³-hybridized carbons (Fsp3) is 0.625. The smallest absolute Gasteiger partial charge is 0.257 e. The van der Waals surface area contributed by atoms with Crippen LogP contribution in [0.3, 0.4) is 0 Å². The molecule has 1 rings (SSSR count). The average Bonchev–Trinajstić information content (AvgIpc) is 2.67. The second kappa shape index (κ2) is 5.94. The number of hydrogen-bond donors (Lipinski definition) is 3. The SMILES string of the molecule is CNCc1cn[nH]c1S(=O)(=O)NCCOC. The van der Waals surface area contributed by atoms with E-state index in [1.807, 2.05) is 0 Å². The van der Waals surface area contributed by atoms with Crippen LogP contribution in [0, 0.1) is 0 Å². The lowest BCUT2D eigenvalue weighted by Gasteiger charge is -2.06. The summed E-state index contributed by atoms with van der Waals surface area (Å²) < 4.78 is 30.8. The fourth-order valence-electron chi connectivity index (χ4n) is 1.20. The summed E-state index contributed by atoms with van der Waals surface area (Å²) in [5.41, 5.74) is 0.604. The van der Waals surface area contributed by atoms with Gasteiger partial charge in [0.15, 0.2) is 5.03 Å². The third-order valence-corrected chi connectivity index (χ3v) is 3.39. The lowest BCUT2D eigenvalue weighted by atomic mass is 10.4. The Bertz CT molecular complexity index is 415. The van der Waals surface area contributed by atoms with Crippen LogP contribution in [0.25, 0.3) is 0 Å². The molecule has 0 aliphatic carbocycles. The van der Waals surface area contributed by atoms with Crippen LogP contribution in [0.1, 0.15) is 5.56 Å². The van der Waals surface area contributed by atoms with Crippen LogP contribution in [0.2, 0.25) is 0 Å². The first-order chi connectivity index (χ1) is 7.61. The summed E-state index contributed by atoms with van der Waals surface area (Å²) in [6.45, 7) is 1.00. The van der Waals surface area contributed by atoms with Crippen LogP contribution in [-0.4, -0.2) is 45.9 Å². The number of aromatic nitrogens is 2. The molecular weight excluding hydrogens is 232 g/mol. The second-order valence-electron chi connectivity index (χ2n) is 3.15. The average molecular weight is 248 g/mol. The molecule has 1 aromatic rings. The van der Waals surface area contributed by atoms with Crippen molar-refractivity contribution < 1.29 is 13.2 Å². The van der Waals surface area contributed by atoms with Gasteiger partial charge in [-0.25, -0.2) is 13.1 Å². The molecule has 0 atom stereocenters. The van der Waals surface area contributed by atoms with Crippen molar-refractivity contribution >= 4 is 10.0 Å². The molecular formula is C8H16N4O3S. The summed E-state index contributed by atoms with van der Waals surface area (Å²) in [5.74, 6) is 0. The number of aromatic amines is 1. The molecule has 1 aromatic heterocycles. The Hall–Kier alpha value is -0.960. The first-order valence-electron chi connectivity index (χ1n) is 4.77. The van der Waals surface area contributed by atoms with E-state index in [9.17, 15) is 8.42 Å². The standard InChI is InChI=1S/C8H16N4O3S/c1-9-5-7-6-10-12-8(7)16(13,14)11-3-4-15-2/h6,9,11H,3-5H2,1-2H3,(H,10,12). The van der Waals surface area contributed by atoms with E-state index < -0.39 is 10.0 Å². The van der Waals surface area contributed by atoms with Crippen molar-refractivity contribution in [1.29, 1.82) is 0 Å². The van der Waals surface area contributed by atoms with Gasteiger partial charge in [0.1, 0.15) is 0 Å². The van der Waals surface area contributed by atoms with Gasteiger partial charge in [0.2, 0.25) is 0 Å². The quantitative estimate of drug-likeness (QED) is 0.541. The van der Waals surface area contributed by atoms with E-state index in [-0.39, 0.29) is 11.6 Å². The van der Waals surface area contributed by atoms with Gasteiger partial charge in [0.05, 0.1) is 12.8 Å². The Morgan fingerprint density at radius 3 is 2.94 bits per heavy atom. The van der Waals surface area contributed by atoms with Gasteiger partial charge in [-0.1, -0.05) is 0 Å². The number of ether oxygens (including phenoxy) is 1. The molecule has 92 valence electrons. The van der Waals surface area contributed by atoms with Gasteiger partial charge in [0, 0.05) is 25.8 Å². The Morgan fingerprint density at radius 1 is 1.56 bits per heavy atom. The molecule has 0 amide bonds. The van der Waals surface area contributed by atoms with Crippen molar-refractivity contribution in [2.75, 3.05) is 27.3 Å². The second-order valence-corrected chi connectivity index (χ2v) is 4.85. The summed E-state index contributed by atoms with van der Waals surface area (Å²) in [7, 11) is -0.281. The Balaban J connectivity index is 2.77. The van der Waals surface area contributed by atoms with Crippen LogP contribution < -0.4 is 10.0 Å². The third-order valence-electron chi connectivity index (χ3n) is 1.91. The molecule has 1 heterocycles. The van der Waals surface area contributed by atoms with E-state index >= 15 is 0 Å². The molecule has 0 saturated heterocycles. The Labute approximate surface area is 94.6 Å². The molecule has 8 heteroatoms. The van der Waals surface area contributed by atoms with E-state index in [1.165, 1.54) is 13.3 Å². The van der Waals surface area contributed by atoms with Crippen molar-refractivity contribution in [3.8, 4) is 0 Å². The molecule has 0 spiro atoms. The maximum Gasteiger partial charge on any atom is 0.257 e. The highest BCUT2D eigenvalue weighted by atomic mass is 32.2. The number of sulfonamides is 1. The highest BCUT2D eigenvalue weighted by Crippen LogP contribution is 2.10. The van der Waals surface area contributed by atoms with Gasteiger partial charge >= 0.3 is 0 Å². The summed E-state index contributed by atoms with van der Waals surface area (Å²) >= 11 is 0. The summed E-state index contributed by atoms with van der Waals surface area (Å²) in [5, 5.41) is 9.16. The van der Waals surface area contributed by atoms with Gasteiger partial charge in [-0.3, -0.25) is 5.10 Å². The predicted molar refractivity (Wildman–Crippen MR) is 58.4 cm³/mol. The zero-order valence-electron chi connectivity index (χ0n) is 9.28. The van der Waals surface area contributed by atoms with Crippen LogP contribution >= 0.6 is 0 Å². The number of hydrogen-bond acceptors (Lipinski definition) is 5. The zero-order chi connectivity index (χ0) is 12.0. The molecule has 0 radical (unpaired) electrons. The molecule has 0 saturated carbocycles. The summed E-state index contributed by atoms with van der Waals surface area (Å²) in [4.78, 5) is 0. The molecule has 16 heavy (non-hydrogen) atoms. The Morgan fingerprint density at radius 2 is 2.31 bits per heavy atom. The van der Waals surface area contributed by atoms with E-state index in [4.69, 9.17) is 4.74 Å². The first-order valence-corrected chi connectivity index (χ1v) is 6.25. The van der Waals surface area contributed by atoms with Crippen molar-refractivity contribution in [2.45, 2.75) is 11.6 Å². The number of rotatable bonds is 7. The molecule has 0 fully saturated rings. The van der Waals surface area contributed by atoms with Crippen LogP contribution in [0.4, 0.5) is 0 Å². The number of nitrogens with zero attached hydrogens (tertiary/aromatic N) is 1. The topological polar surface area (TPSA) is 96.1 Å². The van der Waals surface area contributed by atoms with Gasteiger partial charge in [0.25, 0.3) is 10.0 Å². The minimum Gasteiger partial charge on any atom is -0.383 e. The number of methoxy groups -OCH3 is 1. The van der Waals surface area contributed by atoms with Crippen molar-refractivity contribution in [1.82, 2.24) is 20.2 Å². The highest BCUT2D eigenvalue weighted by Gasteiger charge is 2.19. The predicted octanol–water partition coefficient (Wildman–Crippen LogP) is -0.946. The van der Waals surface area contributed by atoms with Crippen LogP contribution in [0.15, 0.2) is 11.2 Å². The van der Waals surface area contributed by atoms with Gasteiger partial charge in [-0.2, -0.15) is 5.10 Å². The number of nitrogens with one attached hydrogen (secondary N) is 3. The Kier molecular flexibility index (Phi) is 4.87. The molecule has 3 N–H and O–H groups in total. The first kappa shape index (κ1) is 13.1. The lowest BCUT2D eigenvalue weighted by molar-refractivity contribution is 0.204. The van der Waals surface area contributed by atoms with E-state index in [1.54, 1.807) is 7.05 Å². The fourth-order valence-corrected chi connectivity index (χ4v) is 2.34. The monoisotopic (exact) mass is 248 g/mol. The van der Waals surface area contributed by atoms with E-state index in [0.29, 0.717) is 18.7 Å². The molecule has 0 unspecified atom stereocenters. The highest BCUT2D eigenvalue weighted by molar-refractivity contribution is 7.89. The maximum atomic E-state index is 11.8. The molecule has 0 aromatic carbocycles. The normalized spacial score (nSPS) is 11.9. The summed E-state index contributed by atoms with van der Waals surface area (Å²) in [6.07, 6.45) is 1.49. The maximum absolute atomic E-state index is 11.8. The van der Waals surface area contributed by atoms with Crippen LogP contribution in [-0.2, 0) is 21.3 Å². The minimum absolute atomic E-state index is 0.0953. The van der Waals surface area contributed by atoms with Crippen molar-refractivity contribution in [2.24, 2.45) is 0 Å². The summed E-state index contributed by atoms with van der Waals surface area (Å²) in [6, 6.07) is 0. The van der Waals surface area contributed by atoms with Gasteiger partial charge < -0.3 is 10.1 Å². The molecule has 0 aliphatic rings.